The van der Waals surface area contributed by atoms with Gasteiger partial charge >= 0.3 is 0 Å². The number of anilines is 1. The topological polar surface area (TPSA) is 83.5 Å². The van der Waals surface area contributed by atoms with Gasteiger partial charge in [-0.3, -0.25) is 4.79 Å². The van der Waals surface area contributed by atoms with Gasteiger partial charge in [0.2, 0.25) is 11.9 Å². The predicted octanol–water partition coefficient (Wildman–Crippen LogP) is -0.440. The Labute approximate surface area is 118 Å². The van der Waals surface area contributed by atoms with Crippen LogP contribution < -0.4 is 4.90 Å². The second kappa shape index (κ2) is 6.17. The average molecular weight is 298 g/mol. The lowest BCUT2D eigenvalue weighted by Gasteiger charge is -2.34. The molecule has 0 unspecified atom stereocenters. The third-order valence-corrected chi connectivity index (χ3v) is 4.10. The zero-order valence-corrected chi connectivity index (χ0v) is 12.2. The van der Waals surface area contributed by atoms with Gasteiger partial charge in [0.1, 0.15) is 9.84 Å². The van der Waals surface area contributed by atoms with Crippen LogP contribution in [-0.2, 0) is 14.6 Å². The summed E-state index contributed by atoms with van der Waals surface area (Å²) in [5.41, 5.74) is 0. The molecule has 0 aromatic carbocycles. The largest absolute Gasteiger partial charge is 0.339 e. The predicted molar refractivity (Wildman–Crippen MR) is 75.2 cm³/mol. The second-order valence-electron chi connectivity index (χ2n) is 4.80. The van der Waals surface area contributed by atoms with E-state index >= 15 is 0 Å². The molecule has 0 radical (unpaired) electrons. The highest BCUT2D eigenvalue weighted by Gasteiger charge is 2.22. The summed E-state index contributed by atoms with van der Waals surface area (Å²) < 4.78 is 22.1. The maximum Gasteiger partial charge on any atom is 0.225 e. The number of aromatic nitrogens is 2. The van der Waals surface area contributed by atoms with Gasteiger partial charge in [0.05, 0.1) is 5.75 Å². The molecule has 20 heavy (non-hydrogen) atoms. The molecule has 1 aliphatic rings. The lowest BCUT2D eigenvalue weighted by Crippen LogP contribution is -2.49. The number of rotatable bonds is 4. The van der Waals surface area contributed by atoms with Gasteiger partial charge in [-0.25, -0.2) is 18.4 Å². The first-order chi connectivity index (χ1) is 9.46. The van der Waals surface area contributed by atoms with Crippen molar-refractivity contribution in [3.63, 3.8) is 0 Å². The van der Waals surface area contributed by atoms with Crippen molar-refractivity contribution in [3.8, 4) is 0 Å². The Hall–Kier alpha value is -1.70. The fourth-order valence-electron chi connectivity index (χ4n) is 2.04. The summed E-state index contributed by atoms with van der Waals surface area (Å²) in [7, 11) is -3.09. The lowest BCUT2D eigenvalue weighted by atomic mass is 10.3. The van der Waals surface area contributed by atoms with E-state index in [9.17, 15) is 13.2 Å². The number of hydrogen-bond donors (Lipinski definition) is 0. The van der Waals surface area contributed by atoms with Gasteiger partial charge in [-0.15, -0.1) is 0 Å². The number of amides is 1. The fraction of sp³-hybridized carbons (Fsp3) is 0.583. The Morgan fingerprint density at radius 3 is 2.35 bits per heavy atom. The number of nitrogens with zero attached hydrogens (tertiary/aromatic N) is 4. The van der Waals surface area contributed by atoms with Crippen LogP contribution in [0.3, 0.4) is 0 Å². The van der Waals surface area contributed by atoms with Crippen LogP contribution in [0.1, 0.15) is 6.42 Å². The minimum Gasteiger partial charge on any atom is -0.339 e. The third kappa shape index (κ3) is 4.16. The number of sulfone groups is 1. The highest BCUT2D eigenvalue weighted by atomic mass is 32.2. The van der Waals surface area contributed by atoms with E-state index in [1.54, 1.807) is 23.4 Å². The Morgan fingerprint density at radius 2 is 1.80 bits per heavy atom. The standard InChI is InChI=1S/C12H18N4O3S/c1-20(18,19)10-3-11(17)15-6-8-16(9-7-15)12-13-4-2-5-14-12/h2,4-5H,3,6-10H2,1H3. The molecule has 0 spiro atoms. The number of carbonyl (C=O) groups is 1. The minimum atomic E-state index is -3.09. The lowest BCUT2D eigenvalue weighted by molar-refractivity contribution is -0.131. The van der Waals surface area contributed by atoms with Crippen molar-refractivity contribution < 1.29 is 13.2 Å². The van der Waals surface area contributed by atoms with Crippen LogP contribution in [0.2, 0.25) is 0 Å². The number of carbonyl (C=O) groups excluding carboxylic acids is 1. The molecule has 1 aromatic heterocycles. The summed E-state index contributed by atoms with van der Waals surface area (Å²) in [6.07, 6.45) is 4.57. The summed E-state index contributed by atoms with van der Waals surface area (Å²) in [6.45, 7) is 2.46. The summed E-state index contributed by atoms with van der Waals surface area (Å²) in [5.74, 6) is 0.466. The Bertz CT molecular complexity index is 553. The van der Waals surface area contributed by atoms with Crippen molar-refractivity contribution >= 4 is 21.7 Å². The molecule has 1 fully saturated rings. The SMILES string of the molecule is CS(=O)(=O)CCC(=O)N1CCN(c2ncccn2)CC1. The van der Waals surface area contributed by atoms with E-state index in [2.05, 4.69) is 9.97 Å². The maximum atomic E-state index is 11.9. The maximum absolute atomic E-state index is 11.9. The van der Waals surface area contributed by atoms with Crippen LogP contribution in [0.5, 0.6) is 0 Å². The molecule has 0 N–H and O–H groups in total. The van der Waals surface area contributed by atoms with Crippen molar-refractivity contribution in [1.29, 1.82) is 0 Å². The summed E-state index contributed by atoms with van der Waals surface area (Å²) >= 11 is 0. The summed E-state index contributed by atoms with van der Waals surface area (Å²) in [5, 5.41) is 0. The first-order valence-corrected chi connectivity index (χ1v) is 8.49. The molecule has 0 aliphatic carbocycles. The smallest absolute Gasteiger partial charge is 0.225 e. The third-order valence-electron chi connectivity index (χ3n) is 3.15. The van der Waals surface area contributed by atoms with Gasteiger partial charge in [-0.05, 0) is 6.07 Å². The molecule has 1 aliphatic heterocycles. The summed E-state index contributed by atoms with van der Waals surface area (Å²) in [4.78, 5) is 24.0. The van der Waals surface area contributed by atoms with Gasteiger partial charge in [-0.1, -0.05) is 0 Å². The molecule has 1 aromatic rings. The van der Waals surface area contributed by atoms with E-state index in [0.29, 0.717) is 32.1 Å². The summed E-state index contributed by atoms with van der Waals surface area (Å²) in [6, 6.07) is 1.76. The van der Waals surface area contributed by atoms with Crippen LogP contribution in [0.4, 0.5) is 5.95 Å². The van der Waals surface area contributed by atoms with Crippen molar-refractivity contribution in [2.75, 3.05) is 43.1 Å². The molecule has 110 valence electrons. The van der Waals surface area contributed by atoms with Gasteiger partial charge in [0.15, 0.2) is 0 Å². The minimum absolute atomic E-state index is 0.0562. The first kappa shape index (κ1) is 14.7. The Balaban J connectivity index is 1.84. The second-order valence-corrected chi connectivity index (χ2v) is 7.06. The van der Waals surface area contributed by atoms with Crippen LogP contribution in [0.25, 0.3) is 0 Å². The van der Waals surface area contributed by atoms with Gasteiger partial charge < -0.3 is 9.80 Å². The van der Waals surface area contributed by atoms with Crippen LogP contribution in [-0.4, -0.2) is 67.4 Å². The molecule has 1 saturated heterocycles. The van der Waals surface area contributed by atoms with Crippen molar-refractivity contribution in [2.45, 2.75) is 6.42 Å². The fourth-order valence-corrected chi connectivity index (χ4v) is 2.59. The van der Waals surface area contributed by atoms with Crippen molar-refractivity contribution in [2.24, 2.45) is 0 Å². The van der Waals surface area contributed by atoms with E-state index < -0.39 is 9.84 Å². The van der Waals surface area contributed by atoms with Crippen LogP contribution in [0.15, 0.2) is 18.5 Å². The van der Waals surface area contributed by atoms with Gasteiger partial charge in [0.25, 0.3) is 0 Å². The molecular formula is C12H18N4O3S. The Morgan fingerprint density at radius 1 is 1.20 bits per heavy atom. The monoisotopic (exact) mass is 298 g/mol. The highest BCUT2D eigenvalue weighted by molar-refractivity contribution is 7.90. The van der Waals surface area contributed by atoms with E-state index in [4.69, 9.17) is 0 Å². The molecular weight excluding hydrogens is 280 g/mol. The number of hydrogen-bond acceptors (Lipinski definition) is 6. The number of piperazine rings is 1. The average Bonchev–Trinajstić information content (AvgIpc) is 2.45. The van der Waals surface area contributed by atoms with E-state index in [0.717, 1.165) is 6.26 Å². The van der Waals surface area contributed by atoms with Crippen LogP contribution >= 0.6 is 0 Å². The van der Waals surface area contributed by atoms with Crippen molar-refractivity contribution in [3.05, 3.63) is 18.5 Å². The van der Waals surface area contributed by atoms with E-state index in [1.807, 2.05) is 4.90 Å². The zero-order valence-electron chi connectivity index (χ0n) is 11.4. The molecule has 1 amide bonds. The van der Waals surface area contributed by atoms with Crippen LogP contribution in [0, 0.1) is 0 Å². The zero-order chi connectivity index (χ0) is 14.6. The van der Waals surface area contributed by atoms with E-state index in [1.165, 1.54) is 0 Å². The molecule has 0 atom stereocenters. The quantitative estimate of drug-likeness (QED) is 0.749. The van der Waals surface area contributed by atoms with E-state index in [-0.39, 0.29) is 18.1 Å². The first-order valence-electron chi connectivity index (χ1n) is 6.43. The molecule has 7 nitrogen and oxygen atoms in total. The molecule has 2 heterocycles. The molecule has 0 saturated carbocycles. The van der Waals surface area contributed by atoms with Crippen molar-refractivity contribution in [1.82, 2.24) is 14.9 Å². The molecule has 2 rings (SSSR count). The molecule has 0 bridgehead atoms. The highest BCUT2D eigenvalue weighted by Crippen LogP contribution is 2.10. The Kier molecular flexibility index (Phi) is 4.53. The van der Waals surface area contributed by atoms with Gasteiger partial charge in [-0.2, -0.15) is 0 Å². The molecule has 8 heteroatoms. The van der Waals surface area contributed by atoms with Gasteiger partial charge in [0, 0.05) is 51.2 Å². The normalized spacial score (nSPS) is 16.2.